The third-order valence-electron chi connectivity index (χ3n) is 2.96. The van der Waals surface area contributed by atoms with Crippen molar-refractivity contribution < 1.29 is 0 Å². The number of rotatable bonds is 6. The number of halogens is 2. The first-order valence-corrected chi connectivity index (χ1v) is 7.93. The SMILES string of the molecule is CCn1nc(C)c(Br)c1CNC(CBr)C(C)C. The van der Waals surface area contributed by atoms with Crippen molar-refractivity contribution in [3.63, 3.8) is 0 Å². The summed E-state index contributed by atoms with van der Waals surface area (Å²) in [4.78, 5) is 0. The van der Waals surface area contributed by atoms with E-state index in [1.54, 1.807) is 0 Å². The lowest BCUT2D eigenvalue weighted by Crippen LogP contribution is -2.35. The number of nitrogens with zero attached hydrogens (tertiary/aromatic N) is 2. The Balaban J connectivity index is 2.74. The largest absolute Gasteiger partial charge is 0.307 e. The van der Waals surface area contributed by atoms with Crippen LogP contribution in [0.15, 0.2) is 4.47 Å². The molecule has 3 nitrogen and oxygen atoms in total. The Labute approximate surface area is 121 Å². The number of hydrogen-bond donors (Lipinski definition) is 1. The van der Waals surface area contributed by atoms with Gasteiger partial charge in [-0.2, -0.15) is 5.10 Å². The summed E-state index contributed by atoms with van der Waals surface area (Å²) < 4.78 is 3.18. The summed E-state index contributed by atoms with van der Waals surface area (Å²) in [6.45, 7) is 10.4. The average Bonchev–Trinajstić information content (AvgIpc) is 2.56. The van der Waals surface area contributed by atoms with Gasteiger partial charge in [-0.05, 0) is 35.7 Å². The molecule has 0 aliphatic rings. The molecular weight excluding hydrogens is 346 g/mol. The minimum Gasteiger partial charge on any atom is -0.307 e. The molecule has 0 saturated carbocycles. The number of nitrogens with one attached hydrogen (secondary N) is 1. The van der Waals surface area contributed by atoms with Crippen molar-refractivity contribution in [3.8, 4) is 0 Å². The maximum absolute atomic E-state index is 4.50. The van der Waals surface area contributed by atoms with Gasteiger partial charge in [-0.1, -0.05) is 29.8 Å². The van der Waals surface area contributed by atoms with Crippen LogP contribution in [-0.2, 0) is 13.1 Å². The summed E-state index contributed by atoms with van der Waals surface area (Å²) >= 11 is 7.17. The Hall–Kier alpha value is 0.130. The topological polar surface area (TPSA) is 29.9 Å². The fourth-order valence-corrected chi connectivity index (χ4v) is 3.13. The minimum atomic E-state index is 0.488. The van der Waals surface area contributed by atoms with Crippen molar-refractivity contribution >= 4 is 31.9 Å². The fraction of sp³-hybridized carbons (Fsp3) is 0.750. The first-order chi connectivity index (χ1) is 8.01. The molecule has 1 rings (SSSR count). The van der Waals surface area contributed by atoms with Gasteiger partial charge in [-0.15, -0.1) is 0 Å². The summed E-state index contributed by atoms with van der Waals surface area (Å²) in [7, 11) is 0. The van der Waals surface area contributed by atoms with Crippen LogP contribution in [0.5, 0.6) is 0 Å². The van der Waals surface area contributed by atoms with Gasteiger partial charge in [0.05, 0.1) is 15.9 Å². The molecule has 0 bridgehead atoms. The lowest BCUT2D eigenvalue weighted by Gasteiger charge is -2.20. The van der Waals surface area contributed by atoms with Gasteiger partial charge in [-0.25, -0.2) is 0 Å². The van der Waals surface area contributed by atoms with E-state index in [0.29, 0.717) is 12.0 Å². The molecule has 98 valence electrons. The van der Waals surface area contributed by atoms with Crippen LogP contribution in [0.25, 0.3) is 0 Å². The highest BCUT2D eigenvalue weighted by Crippen LogP contribution is 2.21. The molecule has 0 saturated heterocycles. The second kappa shape index (κ2) is 6.90. The van der Waals surface area contributed by atoms with Gasteiger partial charge in [0.15, 0.2) is 0 Å². The standard InChI is InChI=1S/C12H21Br2N3/c1-5-17-11(12(14)9(4)16-17)7-15-10(6-13)8(2)3/h8,10,15H,5-7H2,1-4H3. The Kier molecular flexibility index (Phi) is 6.17. The van der Waals surface area contributed by atoms with Gasteiger partial charge in [0.2, 0.25) is 0 Å². The van der Waals surface area contributed by atoms with Crippen LogP contribution >= 0.6 is 31.9 Å². The van der Waals surface area contributed by atoms with Crippen molar-refractivity contribution in [2.24, 2.45) is 5.92 Å². The smallest absolute Gasteiger partial charge is 0.0739 e. The number of aromatic nitrogens is 2. The molecule has 0 spiro atoms. The van der Waals surface area contributed by atoms with Gasteiger partial charge in [0, 0.05) is 24.5 Å². The van der Waals surface area contributed by atoms with E-state index in [1.165, 1.54) is 5.69 Å². The van der Waals surface area contributed by atoms with Gasteiger partial charge >= 0.3 is 0 Å². The van der Waals surface area contributed by atoms with Gasteiger partial charge in [0.1, 0.15) is 0 Å². The number of aryl methyl sites for hydroxylation is 2. The van der Waals surface area contributed by atoms with Crippen LogP contribution in [0.1, 0.15) is 32.2 Å². The minimum absolute atomic E-state index is 0.488. The van der Waals surface area contributed by atoms with E-state index in [9.17, 15) is 0 Å². The third-order valence-corrected chi connectivity index (χ3v) is 4.68. The Bertz CT molecular complexity index is 361. The highest BCUT2D eigenvalue weighted by atomic mass is 79.9. The summed E-state index contributed by atoms with van der Waals surface area (Å²) in [6.07, 6.45) is 0. The Morgan fingerprint density at radius 2 is 2.06 bits per heavy atom. The van der Waals surface area contributed by atoms with Gasteiger partial charge in [-0.3, -0.25) is 4.68 Å². The quantitative estimate of drug-likeness (QED) is 0.781. The lowest BCUT2D eigenvalue weighted by molar-refractivity contribution is 0.424. The second-order valence-electron chi connectivity index (χ2n) is 4.55. The predicted octanol–water partition coefficient (Wildman–Crippen LogP) is 3.48. The first-order valence-electron chi connectivity index (χ1n) is 6.02. The van der Waals surface area contributed by atoms with Crippen LogP contribution in [-0.4, -0.2) is 21.2 Å². The third kappa shape index (κ3) is 3.80. The summed E-state index contributed by atoms with van der Waals surface area (Å²) in [6, 6.07) is 0.488. The maximum Gasteiger partial charge on any atom is 0.0739 e. The highest BCUT2D eigenvalue weighted by Gasteiger charge is 2.15. The molecule has 1 heterocycles. The fourth-order valence-electron chi connectivity index (χ4n) is 1.73. The normalized spacial score (nSPS) is 13.4. The summed E-state index contributed by atoms with van der Waals surface area (Å²) in [5.74, 6) is 0.618. The van der Waals surface area contributed by atoms with Gasteiger partial charge in [0.25, 0.3) is 0 Å². The molecule has 1 unspecified atom stereocenters. The van der Waals surface area contributed by atoms with Crippen LogP contribution in [0.2, 0.25) is 0 Å². The zero-order valence-corrected chi connectivity index (χ0v) is 14.1. The molecule has 1 aromatic heterocycles. The maximum atomic E-state index is 4.50. The molecule has 0 fully saturated rings. The molecule has 1 aromatic rings. The molecule has 5 heteroatoms. The first kappa shape index (κ1) is 15.2. The molecule has 0 radical (unpaired) electrons. The average molecular weight is 367 g/mol. The molecule has 0 amide bonds. The zero-order valence-electron chi connectivity index (χ0n) is 10.9. The van der Waals surface area contributed by atoms with E-state index in [1.807, 2.05) is 6.92 Å². The number of hydrogen-bond acceptors (Lipinski definition) is 2. The van der Waals surface area contributed by atoms with Crippen molar-refractivity contribution in [3.05, 3.63) is 15.9 Å². The van der Waals surface area contributed by atoms with E-state index in [2.05, 4.69) is 67.7 Å². The lowest BCUT2D eigenvalue weighted by atomic mass is 10.1. The van der Waals surface area contributed by atoms with E-state index in [-0.39, 0.29) is 0 Å². The van der Waals surface area contributed by atoms with E-state index in [4.69, 9.17) is 0 Å². The number of alkyl halides is 1. The summed E-state index contributed by atoms with van der Waals surface area (Å²) in [5.41, 5.74) is 2.29. The predicted molar refractivity (Wildman–Crippen MR) is 79.6 cm³/mol. The van der Waals surface area contributed by atoms with E-state index in [0.717, 1.165) is 28.6 Å². The zero-order chi connectivity index (χ0) is 13.0. The van der Waals surface area contributed by atoms with Gasteiger partial charge < -0.3 is 5.32 Å². The van der Waals surface area contributed by atoms with Crippen molar-refractivity contribution in [2.75, 3.05) is 5.33 Å². The second-order valence-corrected chi connectivity index (χ2v) is 5.99. The van der Waals surface area contributed by atoms with Crippen LogP contribution in [0.3, 0.4) is 0 Å². The molecule has 0 aliphatic heterocycles. The molecular formula is C12H21Br2N3. The molecule has 0 aliphatic carbocycles. The molecule has 17 heavy (non-hydrogen) atoms. The molecule has 1 N–H and O–H groups in total. The van der Waals surface area contributed by atoms with Crippen molar-refractivity contribution in [2.45, 2.75) is 46.8 Å². The van der Waals surface area contributed by atoms with E-state index < -0.39 is 0 Å². The Morgan fingerprint density at radius 1 is 1.41 bits per heavy atom. The molecule has 1 atom stereocenters. The van der Waals surface area contributed by atoms with Crippen LogP contribution in [0, 0.1) is 12.8 Å². The monoisotopic (exact) mass is 365 g/mol. The Morgan fingerprint density at radius 3 is 2.53 bits per heavy atom. The van der Waals surface area contributed by atoms with E-state index >= 15 is 0 Å². The van der Waals surface area contributed by atoms with Crippen LogP contribution in [0.4, 0.5) is 0 Å². The van der Waals surface area contributed by atoms with Crippen molar-refractivity contribution in [1.29, 1.82) is 0 Å². The van der Waals surface area contributed by atoms with Crippen LogP contribution < -0.4 is 5.32 Å². The highest BCUT2D eigenvalue weighted by molar-refractivity contribution is 9.10. The summed E-state index contributed by atoms with van der Waals surface area (Å²) in [5, 5.41) is 9.05. The molecule has 0 aromatic carbocycles. The van der Waals surface area contributed by atoms with Crippen molar-refractivity contribution in [1.82, 2.24) is 15.1 Å².